The smallest absolute Gasteiger partial charge is 0.223 e. The van der Waals surface area contributed by atoms with Gasteiger partial charge in [0.05, 0.1) is 16.4 Å². The molecule has 30 heavy (non-hydrogen) atoms. The first-order valence-electron chi connectivity index (χ1n) is 11.0. The van der Waals surface area contributed by atoms with Crippen LogP contribution in [-0.4, -0.2) is 51.1 Å². The fourth-order valence-corrected chi connectivity index (χ4v) is 6.10. The van der Waals surface area contributed by atoms with Crippen molar-refractivity contribution < 1.29 is 9.18 Å². The standard InChI is InChI=1S/C23H28ClFN4O/c1-14-23(24)19(27-26-14)13-28-11-16-10-17(12-28)21(9-15-4-2-5-18(25)8-15)29-20(16)6-3-7-22(29)30/h2,4-5,8,16-17,20-21H,3,6-7,9-13H2,1H3,(H,26,27)/t16-,17+,20+,21+/m1/s1. The van der Waals surface area contributed by atoms with Crippen LogP contribution in [0.4, 0.5) is 4.39 Å². The number of carbonyl (C=O) groups excluding carboxylic acids is 1. The number of benzene rings is 1. The molecule has 2 bridgehead atoms. The molecule has 0 spiro atoms. The van der Waals surface area contributed by atoms with Gasteiger partial charge in [0.1, 0.15) is 5.82 Å². The van der Waals surface area contributed by atoms with Crippen LogP contribution in [0.2, 0.25) is 5.02 Å². The highest BCUT2D eigenvalue weighted by molar-refractivity contribution is 6.31. The number of hydrogen-bond acceptors (Lipinski definition) is 3. The summed E-state index contributed by atoms with van der Waals surface area (Å²) in [5.74, 6) is 0.929. The summed E-state index contributed by atoms with van der Waals surface area (Å²) in [7, 11) is 0. The molecule has 1 aromatic heterocycles. The SMILES string of the molecule is Cc1[nH]nc(CN2C[C@H]3C[C@@H](C2)[C@H](Cc2cccc(F)c2)N2C(=O)CCC[C@@H]32)c1Cl. The topological polar surface area (TPSA) is 52.2 Å². The molecule has 5 nitrogen and oxygen atoms in total. The number of H-pyrrole nitrogens is 1. The lowest BCUT2D eigenvalue weighted by molar-refractivity contribution is -0.152. The number of aromatic nitrogens is 2. The Morgan fingerprint density at radius 2 is 2.13 bits per heavy atom. The fraction of sp³-hybridized carbons (Fsp3) is 0.565. The van der Waals surface area contributed by atoms with Crippen LogP contribution in [0.25, 0.3) is 0 Å². The van der Waals surface area contributed by atoms with Gasteiger partial charge in [-0.3, -0.25) is 14.8 Å². The third-order valence-corrected chi connectivity index (χ3v) is 7.72. The van der Waals surface area contributed by atoms with Crippen LogP contribution < -0.4 is 0 Å². The Morgan fingerprint density at radius 3 is 2.90 bits per heavy atom. The number of rotatable bonds is 4. The highest BCUT2D eigenvalue weighted by Gasteiger charge is 2.49. The van der Waals surface area contributed by atoms with Crippen molar-refractivity contribution in [3.63, 3.8) is 0 Å². The molecule has 4 atom stereocenters. The molecule has 0 saturated carbocycles. The summed E-state index contributed by atoms with van der Waals surface area (Å²) in [6.07, 6.45) is 4.53. The first-order chi connectivity index (χ1) is 14.5. The van der Waals surface area contributed by atoms with Gasteiger partial charge in [-0.2, -0.15) is 5.10 Å². The van der Waals surface area contributed by atoms with E-state index in [-0.39, 0.29) is 17.8 Å². The molecule has 3 fully saturated rings. The van der Waals surface area contributed by atoms with Gasteiger partial charge in [0.15, 0.2) is 0 Å². The van der Waals surface area contributed by atoms with Crippen molar-refractivity contribution in [2.45, 2.75) is 57.7 Å². The summed E-state index contributed by atoms with van der Waals surface area (Å²) >= 11 is 6.42. The molecule has 5 rings (SSSR count). The van der Waals surface area contributed by atoms with E-state index in [1.165, 1.54) is 6.07 Å². The second-order valence-electron chi connectivity index (χ2n) is 9.22. The highest BCUT2D eigenvalue weighted by atomic mass is 35.5. The molecule has 2 aromatic rings. The number of aryl methyl sites for hydroxylation is 1. The van der Waals surface area contributed by atoms with E-state index in [4.69, 9.17) is 11.6 Å². The van der Waals surface area contributed by atoms with Gasteiger partial charge in [-0.25, -0.2) is 4.39 Å². The van der Waals surface area contributed by atoms with Crippen molar-refractivity contribution in [1.82, 2.24) is 20.0 Å². The average Bonchev–Trinajstić information content (AvgIpc) is 3.03. The van der Waals surface area contributed by atoms with Crippen molar-refractivity contribution >= 4 is 17.5 Å². The van der Waals surface area contributed by atoms with Crippen LogP contribution in [0.1, 0.15) is 42.6 Å². The molecule has 0 radical (unpaired) electrons. The van der Waals surface area contributed by atoms with Crippen molar-refractivity contribution in [1.29, 1.82) is 0 Å². The second-order valence-corrected chi connectivity index (χ2v) is 9.60. The number of amides is 1. The zero-order valence-corrected chi connectivity index (χ0v) is 18.0. The molecule has 3 aliphatic rings. The lowest BCUT2D eigenvalue weighted by atomic mass is 9.70. The van der Waals surface area contributed by atoms with Gasteiger partial charge >= 0.3 is 0 Å². The van der Waals surface area contributed by atoms with Crippen LogP contribution in [0, 0.1) is 24.6 Å². The predicted molar refractivity (Wildman–Crippen MR) is 114 cm³/mol. The monoisotopic (exact) mass is 430 g/mol. The Kier molecular flexibility index (Phi) is 5.31. The van der Waals surface area contributed by atoms with Crippen LogP contribution >= 0.6 is 11.6 Å². The predicted octanol–water partition coefficient (Wildman–Crippen LogP) is 3.95. The van der Waals surface area contributed by atoms with E-state index in [9.17, 15) is 9.18 Å². The number of aromatic amines is 1. The molecule has 160 valence electrons. The largest absolute Gasteiger partial charge is 0.336 e. The molecule has 1 amide bonds. The Bertz CT molecular complexity index is 947. The van der Waals surface area contributed by atoms with E-state index in [1.54, 1.807) is 12.1 Å². The van der Waals surface area contributed by atoms with E-state index in [1.807, 2.05) is 13.0 Å². The van der Waals surface area contributed by atoms with Crippen LogP contribution in [-0.2, 0) is 17.8 Å². The lowest BCUT2D eigenvalue weighted by Crippen LogP contribution is -2.65. The third-order valence-electron chi connectivity index (χ3n) is 7.22. The minimum Gasteiger partial charge on any atom is -0.336 e. The lowest BCUT2D eigenvalue weighted by Gasteiger charge is -2.56. The summed E-state index contributed by atoms with van der Waals surface area (Å²) < 4.78 is 13.8. The summed E-state index contributed by atoms with van der Waals surface area (Å²) in [4.78, 5) is 17.6. The number of hydrogen-bond donors (Lipinski definition) is 1. The van der Waals surface area contributed by atoms with Crippen molar-refractivity contribution in [2.24, 2.45) is 11.8 Å². The molecule has 7 heteroatoms. The van der Waals surface area contributed by atoms with Crippen LogP contribution in [0.5, 0.6) is 0 Å². The number of piperidine rings is 3. The van der Waals surface area contributed by atoms with E-state index in [0.29, 0.717) is 30.7 Å². The molecule has 1 aromatic carbocycles. The maximum atomic E-state index is 13.8. The number of halogens is 2. The molecular formula is C23H28ClFN4O. The van der Waals surface area contributed by atoms with Gasteiger partial charge in [-0.15, -0.1) is 0 Å². The van der Waals surface area contributed by atoms with Crippen LogP contribution in [0.15, 0.2) is 24.3 Å². The van der Waals surface area contributed by atoms with Gasteiger partial charge in [0.2, 0.25) is 5.91 Å². The molecule has 3 saturated heterocycles. The number of nitrogens with one attached hydrogen (secondary N) is 1. The fourth-order valence-electron chi connectivity index (χ4n) is 5.95. The number of fused-ring (bicyclic) bond motifs is 4. The Morgan fingerprint density at radius 1 is 1.30 bits per heavy atom. The maximum absolute atomic E-state index is 13.8. The first-order valence-corrected chi connectivity index (χ1v) is 11.3. The van der Waals surface area contributed by atoms with Crippen molar-refractivity contribution in [3.05, 3.63) is 52.1 Å². The van der Waals surface area contributed by atoms with Gasteiger partial charge in [-0.05, 0) is 62.1 Å². The second kappa shape index (κ2) is 7.97. The van der Waals surface area contributed by atoms with E-state index in [2.05, 4.69) is 20.0 Å². The van der Waals surface area contributed by atoms with E-state index >= 15 is 0 Å². The van der Waals surface area contributed by atoms with E-state index in [0.717, 1.165) is 60.9 Å². The van der Waals surface area contributed by atoms with Gasteiger partial charge < -0.3 is 4.90 Å². The number of nitrogens with zero attached hydrogens (tertiary/aromatic N) is 3. The molecule has 4 heterocycles. The van der Waals surface area contributed by atoms with Crippen molar-refractivity contribution in [3.8, 4) is 0 Å². The molecular weight excluding hydrogens is 403 g/mol. The summed E-state index contributed by atoms with van der Waals surface area (Å²) in [6, 6.07) is 7.25. The first kappa shape index (κ1) is 20.0. The summed E-state index contributed by atoms with van der Waals surface area (Å²) in [5.41, 5.74) is 2.77. The minimum atomic E-state index is -0.212. The van der Waals surface area contributed by atoms with Crippen LogP contribution in [0.3, 0.4) is 0 Å². The quantitative estimate of drug-likeness (QED) is 0.798. The van der Waals surface area contributed by atoms with Gasteiger partial charge in [0, 0.05) is 38.1 Å². The maximum Gasteiger partial charge on any atom is 0.223 e. The molecule has 0 aliphatic carbocycles. The number of likely N-dealkylation sites (tertiary alicyclic amines) is 1. The molecule has 1 N–H and O–H groups in total. The van der Waals surface area contributed by atoms with Gasteiger partial charge in [0.25, 0.3) is 0 Å². The molecule has 3 aliphatic heterocycles. The highest BCUT2D eigenvalue weighted by Crippen LogP contribution is 2.43. The zero-order valence-electron chi connectivity index (χ0n) is 17.3. The zero-order chi connectivity index (χ0) is 20.8. The van der Waals surface area contributed by atoms with Gasteiger partial charge in [-0.1, -0.05) is 23.7 Å². The molecule has 0 unspecified atom stereocenters. The third kappa shape index (κ3) is 3.65. The normalized spacial score (nSPS) is 29.2. The Hall–Kier alpha value is -1.92. The summed E-state index contributed by atoms with van der Waals surface area (Å²) in [5, 5.41) is 8.09. The van der Waals surface area contributed by atoms with Crippen molar-refractivity contribution in [2.75, 3.05) is 13.1 Å². The minimum absolute atomic E-state index is 0.125. The van der Waals surface area contributed by atoms with E-state index < -0.39 is 0 Å². The average molecular weight is 431 g/mol. The Labute approximate surface area is 181 Å². The number of carbonyl (C=O) groups is 1. The Balaban J connectivity index is 1.41. The summed E-state index contributed by atoms with van der Waals surface area (Å²) in [6.45, 7) is 4.54.